The maximum Gasteiger partial charge on any atom is 0.363 e. The number of carbonyl (C=O) groups excluding carboxylic acids is 4. The number of hydrogen-bond donors (Lipinski definition) is 3. The molecule has 0 radical (unpaired) electrons. The van der Waals surface area contributed by atoms with Crippen molar-refractivity contribution in [2.45, 2.75) is 19.0 Å². The fourth-order valence-corrected chi connectivity index (χ4v) is 4.03. The first-order valence-electron chi connectivity index (χ1n) is 8.26. The Morgan fingerprint density at radius 3 is 2.65 bits per heavy atom. The van der Waals surface area contributed by atoms with E-state index >= 15 is 0 Å². The second kappa shape index (κ2) is 9.99. The van der Waals surface area contributed by atoms with Gasteiger partial charge in [0.1, 0.15) is 24.7 Å². The third-order valence-corrected chi connectivity index (χ3v) is 5.53. The molecule has 0 bridgehead atoms. The summed E-state index contributed by atoms with van der Waals surface area (Å²) in [5.41, 5.74) is -0.494. The lowest BCUT2D eigenvalue weighted by molar-refractivity contribution is -0.163. The Kier molecular flexibility index (Phi) is 7.88. The zero-order valence-corrected chi connectivity index (χ0v) is 18.3. The van der Waals surface area contributed by atoms with E-state index in [1.807, 2.05) is 0 Å². The van der Waals surface area contributed by atoms with Crippen LogP contribution in [0, 0.1) is 0 Å². The number of alkyl halides is 1. The van der Waals surface area contributed by atoms with Gasteiger partial charge < -0.3 is 20.2 Å². The van der Waals surface area contributed by atoms with E-state index in [0.717, 1.165) is 18.4 Å². The Morgan fingerprint density at radius 2 is 2.10 bits per heavy atom. The summed E-state index contributed by atoms with van der Waals surface area (Å²) in [5.74, 6) is -4.34. The van der Waals surface area contributed by atoms with Crippen LogP contribution in [-0.2, 0) is 39.1 Å². The summed E-state index contributed by atoms with van der Waals surface area (Å²) in [6, 6.07) is -3.48. The molecule has 17 heteroatoms. The summed E-state index contributed by atoms with van der Waals surface area (Å²) in [6.45, 7) is 1.30. The van der Waals surface area contributed by atoms with E-state index in [9.17, 15) is 32.1 Å². The van der Waals surface area contributed by atoms with Crippen molar-refractivity contribution in [2.24, 2.45) is 5.16 Å². The molecule has 0 spiro atoms. The van der Waals surface area contributed by atoms with Crippen molar-refractivity contribution in [3.8, 4) is 0 Å². The third-order valence-electron chi connectivity index (χ3n) is 3.63. The zero-order valence-electron chi connectivity index (χ0n) is 15.9. The molecule has 2 rings (SSSR count). The van der Waals surface area contributed by atoms with E-state index in [2.05, 4.69) is 25.6 Å². The molecule has 1 aliphatic heterocycles. The Morgan fingerprint density at radius 1 is 1.42 bits per heavy atom. The number of amides is 3. The number of nitrogens with zero attached hydrogens (tertiary/aromatic N) is 3. The number of ether oxygens (including phenoxy) is 1. The highest BCUT2D eigenvalue weighted by Gasteiger charge is 2.58. The van der Waals surface area contributed by atoms with Crippen LogP contribution in [0.25, 0.3) is 0 Å². The number of rotatable bonds is 9. The molecule has 1 fully saturated rings. The molecule has 0 saturated carbocycles. The Bertz CT molecular complexity index is 1030. The van der Waals surface area contributed by atoms with E-state index in [1.165, 1.54) is 12.3 Å². The van der Waals surface area contributed by atoms with Gasteiger partial charge in [0.05, 0.1) is 6.61 Å². The molecule has 1 aromatic heterocycles. The molecular formula is C14H16ClN5O9S2. The summed E-state index contributed by atoms with van der Waals surface area (Å²) < 4.78 is 36.6. The molecule has 31 heavy (non-hydrogen) atoms. The van der Waals surface area contributed by atoms with Gasteiger partial charge in [-0.2, -0.15) is 12.7 Å². The minimum atomic E-state index is -5.07. The molecule has 3 amide bonds. The Balaban J connectivity index is 2.25. The lowest BCUT2D eigenvalue weighted by atomic mass is 9.98. The number of carbonyl (C=O) groups is 4. The molecule has 1 saturated heterocycles. The number of oxime groups is 1. The molecular weight excluding hydrogens is 482 g/mol. The minimum absolute atomic E-state index is 0.0553. The summed E-state index contributed by atoms with van der Waals surface area (Å²) in [5, 5.41) is 9.47. The molecule has 1 aliphatic rings. The van der Waals surface area contributed by atoms with Gasteiger partial charge in [0.15, 0.2) is 16.9 Å². The first-order valence-corrected chi connectivity index (χ1v) is 11.1. The monoisotopic (exact) mass is 497 g/mol. The van der Waals surface area contributed by atoms with Gasteiger partial charge >= 0.3 is 16.3 Å². The maximum atomic E-state index is 12.7. The topological polar surface area (TPSA) is 194 Å². The number of anilines is 1. The van der Waals surface area contributed by atoms with Gasteiger partial charge in [-0.15, -0.1) is 22.9 Å². The highest BCUT2D eigenvalue weighted by Crippen LogP contribution is 2.25. The lowest BCUT2D eigenvalue weighted by Gasteiger charge is -2.42. The lowest BCUT2D eigenvalue weighted by Crippen LogP contribution is -2.75. The summed E-state index contributed by atoms with van der Waals surface area (Å²) in [4.78, 5) is 56.8. The van der Waals surface area contributed by atoms with E-state index in [-0.39, 0.29) is 27.6 Å². The fourth-order valence-electron chi connectivity index (χ4n) is 2.42. The molecule has 3 N–H and O–H groups in total. The quantitative estimate of drug-likeness (QED) is 0.0924. The van der Waals surface area contributed by atoms with E-state index in [1.54, 1.807) is 0 Å². The second-order valence-corrected chi connectivity index (χ2v) is 8.02. The van der Waals surface area contributed by atoms with Crippen LogP contribution in [0.1, 0.15) is 12.6 Å². The highest BCUT2D eigenvalue weighted by molar-refractivity contribution is 7.84. The molecule has 2 atom stereocenters. The van der Waals surface area contributed by atoms with Crippen molar-refractivity contribution in [2.75, 3.05) is 24.9 Å². The van der Waals surface area contributed by atoms with Crippen LogP contribution in [0.3, 0.4) is 0 Å². The van der Waals surface area contributed by atoms with Crippen molar-refractivity contribution < 1.29 is 41.7 Å². The molecule has 0 aromatic carbocycles. The summed E-state index contributed by atoms with van der Waals surface area (Å²) in [7, 11) is -3.94. The number of hydrogen-bond acceptors (Lipinski definition) is 11. The Hall–Kier alpha value is -2.82. The molecule has 2 heterocycles. The number of nitrogens with one attached hydrogen (secondary N) is 2. The second-order valence-electron chi connectivity index (χ2n) is 5.60. The van der Waals surface area contributed by atoms with Gasteiger partial charge in [0, 0.05) is 5.38 Å². The number of thiazole rings is 1. The highest BCUT2D eigenvalue weighted by atomic mass is 35.5. The average molecular weight is 498 g/mol. The van der Waals surface area contributed by atoms with Crippen molar-refractivity contribution in [3.63, 3.8) is 0 Å². The molecule has 0 aliphatic carbocycles. The van der Waals surface area contributed by atoms with Crippen LogP contribution in [0.2, 0.25) is 0 Å². The number of halogens is 1. The predicted molar refractivity (Wildman–Crippen MR) is 106 cm³/mol. The predicted octanol–water partition coefficient (Wildman–Crippen LogP) is -1.27. The molecule has 14 nitrogen and oxygen atoms in total. The van der Waals surface area contributed by atoms with Crippen LogP contribution < -0.4 is 10.6 Å². The molecule has 1 aromatic rings. The van der Waals surface area contributed by atoms with Crippen LogP contribution in [0.15, 0.2) is 10.5 Å². The van der Waals surface area contributed by atoms with Crippen molar-refractivity contribution >= 4 is 67.8 Å². The van der Waals surface area contributed by atoms with Crippen LogP contribution in [0.5, 0.6) is 0 Å². The van der Waals surface area contributed by atoms with Crippen molar-refractivity contribution in [1.82, 2.24) is 14.6 Å². The SMILES string of the molecule is CCOC(=O)[C@@H]1[C@H](NC(=O)C(=NOC)c2csc(NC(=O)CCl)n2)C(=O)N1S(=O)(=O)O. The van der Waals surface area contributed by atoms with Gasteiger partial charge in [-0.05, 0) is 6.92 Å². The average Bonchev–Trinajstić information content (AvgIpc) is 3.14. The van der Waals surface area contributed by atoms with Gasteiger partial charge in [-0.3, -0.25) is 18.9 Å². The first-order chi connectivity index (χ1) is 14.5. The van der Waals surface area contributed by atoms with Crippen molar-refractivity contribution in [3.05, 3.63) is 11.1 Å². The minimum Gasteiger partial charge on any atom is -0.464 e. The van der Waals surface area contributed by atoms with Crippen LogP contribution >= 0.6 is 22.9 Å². The van der Waals surface area contributed by atoms with Gasteiger partial charge in [0.25, 0.3) is 11.8 Å². The normalized spacial score (nSPS) is 18.8. The summed E-state index contributed by atoms with van der Waals surface area (Å²) in [6.07, 6.45) is 0. The standard InChI is InChI=1S/C14H16ClN5O9S2/c1-3-29-13(24)10-9(12(23)20(10)31(25,26)27)18-11(22)8(19-28-2)6-5-30-14(16-6)17-7(21)4-15/h5,9-10H,3-4H2,1-2H3,(H,18,22)(H,16,17,21)(H,25,26,27)/t9-,10-/m0/s1. The largest absolute Gasteiger partial charge is 0.464 e. The van der Waals surface area contributed by atoms with Gasteiger partial charge in [0.2, 0.25) is 5.91 Å². The number of aromatic nitrogens is 1. The van der Waals surface area contributed by atoms with E-state index < -0.39 is 51.8 Å². The summed E-state index contributed by atoms with van der Waals surface area (Å²) >= 11 is 6.33. The zero-order chi connectivity index (χ0) is 23.3. The fraction of sp³-hybridized carbons (Fsp3) is 0.429. The third kappa shape index (κ3) is 5.46. The molecule has 170 valence electrons. The number of β-lactam (4-membered cyclic amide) rings is 1. The van der Waals surface area contributed by atoms with E-state index in [4.69, 9.17) is 16.3 Å². The molecule has 0 unspecified atom stereocenters. The first kappa shape index (κ1) is 24.4. The van der Waals surface area contributed by atoms with Crippen LogP contribution in [-0.4, -0.2) is 83.3 Å². The van der Waals surface area contributed by atoms with E-state index in [0.29, 0.717) is 0 Å². The number of esters is 1. The smallest absolute Gasteiger partial charge is 0.363 e. The van der Waals surface area contributed by atoms with Gasteiger partial charge in [-0.25, -0.2) is 9.78 Å². The van der Waals surface area contributed by atoms with Crippen LogP contribution in [0.4, 0.5) is 5.13 Å². The maximum absolute atomic E-state index is 12.7. The van der Waals surface area contributed by atoms with Crippen molar-refractivity contribution in [1.29, 1.82) is 0 Å². The van der Waals surface area contributed by atoms with Gasteiger partial charge in [-0.1, -0.05) is 5.16 Å². The Labute approximate surface area is 184 Å².